The van der Waals surface area contributed by atoms with E-state index >= 15 is 0 Å². The lowest BCUT2D eigenvalue weighted by Gasteiger charge is -2.32. The molecule has 0 radical (unpaired) electrons. The zero-order valence-corrected chi connectivity index (χ0v) is 12.5. The summed E-state index contributed by atoms with van der Waals surface area (Å²) in [7, 11) is 0. The van der Waals surface area contributed by atoms with Crippen molar-refractivity contribution in [3.8, 4) is 0 Å². The maximum absolute atomic E-state index is 9.37. The van der Waals surface area contributed by atoms with E-state index in [0.29, 0.717) is 12.5 Å². The van der Waals surface area contributed by atoms with Crippen molar-refractivity contribution in [2.24, 2.45) is 5.92 Å². The number of aliphatic hydroxyl groups is 1. The monoisotopic (exact) mass is 256 g/mol. The van der Waals surface area contributed by atoms with Crippen LogP contribution < -0.4 is 0 Å². The van der Waals surface area contributed by atoms with Gasteiger partial charge in [0.2, 0.25) is 0 Å². The molecule has 102 valence electrons. The van der Waals surface area contributed by atoms with Gasteiger partial charge in [-0.05, 0) is 58.8 Å². The first-order chi connectivity index (χ1) is 8.88. The van der Waals surface area contributed by atoms with Crippen molar-refractivity contribution in [2.75, 3.05) is 6.61 Å². The summed E-state index contributed by atoms with van der Waals surface area (Å²) in [4.78, 5) is 0. The molecule has 2 aliphatic carbocycles. The van der Waals surface area contributed by atoms with Crippen LogP contribution in [0.2, 0.25) is 0 Å². The SMILES string of the molecule is CC1=CCC(C)(C)c2ccc(C3(C)CC3CO)cc21. The van der Waals surface area contributed by atoms with E-state index in [1.807, 2.05) is 0 Å². The third-order valence-corrected chi connectivity index (χ3v) is 5.38. The third-order valence-electron chi connectivity index (χ3n) is 5.38. The lowest BCUT2D eigenvalue weighted by atomic mass is 9.72. The highest BCUT2D eigenvalue weighted by Gasteiger charge is 2.50. The van der Waals surface area contributed by atoms with E-state index in [1.54, 1.807) is 0 Å². The summed E-state index contributed by atoms with van der Waals surface area (Å²) < 4.78 is 0. The van der Waals surface area contributed by atoms with E-state index < -0.39 is 0 Å². The molecule has 1 nitrogen and oxygen atoms in total. The second-order valence-electron chi connectivity index (χ2n) is 7.24. The van der Waals surface area contributed by atoms with Crippen LogP contribution in [0.5, 0.6) is 0 Å². The van der Waals surface area contributed by atoms with Gasteiger partial charge >= 0.3 is 0 Å². The molecular weight excluding hydrogens is 232 g/mol. The predicted octanol–water partition coefficient (Wildman–Crippen LogP) is 4.04. The quantitative estimate of drug-likeness (QED) is 0.846. The minimum Gasteiger partial charge on any atom is -0.396 e. The Morgan fingerprint density at radius 2 is 2.00 bits per heavy atom. The van der Waals surface area contributed by atoms with Gasteiger partial charge in [-0.2, -0.15) is 0 Å². The van der Waals surface area contributed by atoms with Gasteiger partial charge in [0, 0.05) is 6.61 Å². The first kappa shape index (κ1) is 12.9. The summed E-state index contributed by atoms with van der Waals surface area (Å²) in [6, 6.07) is 6.98. The molecule has 2 aliphatic rings. The molecule has 0 aliphatic heterocycles. The Hall–Kier alpha value is -1.08. The van der Waals surface area contributed by atoms with Crippen LogP contribution >= 0.6 is 0 Å². The van der Waals surface area contributed by atoms with Crippen molar-refractivity contribution in [1.29, 1.82) is 0 Å². The Morgan fingerprint density at radius 1 is 1.26 bits per heavy atom. The van der Waals surface area contributed by atoms with Gasteiger partial charge in [0.1, 0.15) is 0 Å². The fourth-order valence-electron chi connectivity index (χ4n) is 3.52. The molecule has 0 saturated heterocycles. The molecular formula is C18H24O. The lowest BCUT2D eigenvalue weighted by Crippen LogP contribution is -2.22. The minimum absolute atomic E-state index is 0.200. The van der Waals surface area contributed by atoms with E-state index in [0.717, 1.165) is 12.8 Å². The van der Waals surface area contributed by atoms with Gasteiger partial charge in [0.05, 0.1) is 0 Å². The highest BCUT2D eigenvalue weighted by molar-refractivity contribution is 5.71. The lowest BCUT2D eigenvalue weighted by molar-refractivity contribution is 0.265. The third kappa shape index (κ3) is 1.87. The van der Waals surface area contributed by atoms with E-state index in [-0.39, 0.29) is 10.8 Å². The maximum atomic E-state index is 9.37. The number of allylic oxidation sites excluding steroid dienone is 2. The summed E-state index contributed by atoms with van der Waals surface area (Å²) in [5.74, 6) is 0.450. The van der Waals surface area contributed by atoms with Crippen molar-refractivity contribution < 1.29 is 5.11 Å². The molecule has 1 heteroatoms. The predicted molar refractivity (Wildman–Crippen MR) is 80.3 cm³/mol. The van der Waals surface area contributed by atoms with Crippen LogP contribution in [0.15, 0.2) is 24.3 Å². The Bertz CT molecular complexity index is 553. The maximum Gasteiger partial charge on any atom is 0.0468 e. The zero-order valence-electron chi connectivity index (χ0n) is 12.5. The molecule has 0 amide bonds. The van der Waals surface area contributed by atoms with Crippen molar-refractivity contribution in [2.45, 2.75) is 51.4 Å². The second-order valence-corrected chi connectivity index (χ2v) is 7.24. The van der Waals surface area contributed by atoms with Crippen LogP contribution in [0.4, 0.5) is 0 Å². The number of rotatable bonds is 2. The Kier molecular flexibility index (Phi) is 2.69. The van der Waals surface area contributed by atoms with E-state index in [2.05, 4.69) is 52.0 Å². The van der Waals surface area contributed by atoms with Gasteiger partial charge in [0.25, 0.3) is 0 Å². The Balaban J connectivity index is 2.06. The molecule has 19 heavy (non-hydrogen) atoms. The normalized spacial score (nSPS) is 31.6. The van der Waals surface area contributed by atoms with Crippen LogP contribution in [-0.4, -0.2) is 11.7 Å². The summed E-state index contributed by atoms with van der Waals surface area (Å²) in [6.45, 7) is 9.46. The molecule has 0 bridgehead atoms. The number of benzene rings is 1. The van der Waals surface area contributed by atoms with E-state index in [9.17, 15) is 5.11 Å². The molecule has 3 rings (SSSR count). The molecule has 1 aromatic carbocycles. The van der Waals surface area contributed by atoms with Crippen LogP contribution in [0.1, 0.15) is 57.2 Å². The molecule has 1 fully saturated rings. The smallest absolute Gasteiger partial charge is 0.0468 e. The molecule has 2 unspecified atom stereocenters. The molecule has 1 saturated carbocycles. The van der Waals surface area contributed by atoms with Crippen LogP contribution in [-0.2, 0) is 10.8 Å². The van der Waals surface area contributed by atoms with Crippen molar-refractivity contribution in [3.63, 3.8) is 0 Å². The molecule has 0 spiro atoms. The second kappa shape index (κ2) is 3.96. The fraction of sp³-hybridized carbons (Fsp3) is 0.556. The molecule has 1 N–H and O–H groups in total. The first-order valence-corrected chi connectivity index (χ1v) is 7.31. The van der Waals surface area contributed by atoms with Gasteiger partial charge in [-0.3, -0.25) is 0 Å². The number of aliphatic hydroxyl groups excluding tert-OH is 1. The number of hydrogen-bond donors (Lipinski definition) is 1. The van der Waals surface area contributed by atoms with Gasteiger partial charge in [0.15, 0.2) is 0 Å². The largest absolute Gasteiger partial charge is 0.396 e. The highest BCUT2D eigenvalue weighted by Crippen LogP contribution is 2.54. The first-order valence-electron chi connectivity index (χ1n) is 7.31. The Morgan fingerprint density at radius 3 is 2.63 bits per heavy atom. The minimum atomic E-state index is 0.200. The van der Waals surface area contributed by atoms with Crippen LogP contribution in [0, 0.1) is 5.92 Å². The van der Waals surface area contributed by atoms with Gasteiger partial charge < -0.3 is 5.11 Å². The standard InChI is InChI=1S/C18H24O/c1-12-7-8-17(2,3)16-6-5-13(9-15(12)16)18(4)10-14(18)11-19/h5-7,9,14,19H,8,10-11H2,1-4H3. The molecule has 0 aromatic heterocycles. The number of hydrogen-bond acceptors (Lipinski definition) is 1. The zero-order chi connectivity index (χ0) is 13.8. The van der Waals surface area contributed by atoms with E-state index in [4.69, 9.17) is 0 Å². The van der Waals surface area contributed by atoms with Crippen LogP contribution in [0.3, 0.4) is 0 Å². The highest BCUT2D eigenvalue weighted by atomic mass is 16.3. The summed E-state index contributed by atoms with van der Waals surface area (Å²) >= 11 is 0. The summed E-state index contributed by atoms with van der Waals surface area (Å²) in [6.07, 6.45) is 4.61. The van der Waals surface area contributed by atoms with Crippen molar-refractivity contribution in [3.05, 3.63) is 41.0 Å². The average Bonchev–Trinajstić information content (AvgIpc) is 3.07. The van der Waals surface area contributed by atoms with Crippen molar-refractivity contribution >= 4 is 5.57 Å². The van der Waals surface area contributed by atoms with E-state index in [1.165, 1.54) is 22.3 Å². The van der Waals surface area contributed by atoms with Gasteiger partial charge in [-0.15, -0.1) is 0 Å². The fourth-order valence-corrected chi connectivity index (χ4v) is 3.52. The molecule has 1 aromatic rings. The topological polar surface area (TPSA) is 20.2 Å². The summed E-state index contributed by atoms with van der Waals surface area (Å²) in [5.41, 5.74) is 6.14. The summed E-state index contributed by atoms with van der Waals surface area (Å²) in [5, 5.41) is 9.37. The van der Waals surface area contributed by atoms with Crippen molar-refractivity contribution in [1.82, 2.24) is 0 Å². The van der Waals surface area contributed by atoms with Crippen LogP contribution in [0.25, 0.3) is 5.57 Å². The van der Waals surface area contributed by atoms with Gasteiger partial charge in [-0.1, -0.05) is 45.0 Å². The molecule has 0 heterocycles. The Labute approximate surface area is 116 Å². The average molecular weight is 256 g/mol. The molecule has 2 atom stereocenters. The van der Waals surface area contributed by atoms with Gasteiger partial charge in [-0.25, -0.2) is 0 Å². The number of fused-ring (bicyclic) bond motifs is 1.